The fourth-order valence-electron chi connectivity index (χ4n) is 1.88. The maximum absolute atomic E-state index is 9.82. The first-order chi connectivity index (χ1) is 5.99. The van der Waals surface area contributed by atoms with E-state index in [1.807, 2.05) is 13.8 Å². The first-order valence-corrected chi connectivity index (χ1v) is 5.12. The van der Waals surface area contributed by atoms with Gasteiger partial charge in [-0.3, -0.25) is 0 Å². The largest absolute Gasteiger partial charge is 0.392 e. The fraction of sp³-hybridized carbons (Fsp3) is 1.00. The molecule has 1 aliphatic heterocycles. The van der Waals surface area contributed by atoms with Gasteiger partial charge in [-0.2, -0.15) is 0 Å². The van der Waals surface area contributed by atoms with Crippen molar-refractivity contribution >= 4 is 0 Å². The summed E-state index contributed by atoms with van der Waals surface area (Å²) in [6.07, 6.45) is 2.46. The highest BCUT2D eigenvalue weighted by atomic mass is 16.3. The molecule has 0 aromatic heterocycles. The Bertz CT molecular complexity index is 157. The number of aliphatic hydroxyl groups excluding tert-OH is 1. The van der Waals surface area contributed by atoms with Crippen LogP contribution in [0.5, 0.6) is 0 Å². The van der Waals surface area contributed by atoms with Crippen molar-refractivity contribution in [3.05, 3.63) is 0 Å². The molecule has 3 heteroatoms. The van der Waals surface area contributed by atoms with Gasteiger partial charge in [0.05, 0.1) is 11.7 Å². The van der Waals surface area contributed by atoms with Crippen LogP contribution in [0.2, 0.25) is 0 Å². The molecule has 0 aromatic carbocycles. The van der Waals surface area contributed by atoms with Crippen molar-refractivity contribution in [3.8, 4) is 0 Å². The molecule has 2 N–H and O–H groups in total. The third kappa shape index (κ3) is 4.07. The number of rotatable bonds is 2. The lowest BCUT2D eigenvalue weighted by Gasteiger charge is -2.23. The molecule has 0 aromatic rings. The summed E-state index contributed by atoms with van der Waals surface area (Å²) in [5.41, 5.74) is -0.493. The van der Waals surface area contributed by atoms with Gasteiger partial charge >= 0.3 is 0 Å². The SMILES string of the molecule is C[C@@H](O)CN1CCCC(C)(O)CC1. The Labute approximate surface area is 80.4 Å². The van der Waals surface area contributed by atoms with Gasteiger partial charge in [-0.15, -0.1) is 0 Å². The van der Waals surface area contributed by atoms with E-state index in [9.17, 15) is 10.2 Å². The predicted molar refractivity (Wildman–Crippen MR) is 52.6 cm³/mol. The summed E-state index contributed by atoms with van der Waals surface area (Å²) in [4.78, 5) is 2.23. The molecule has 0 saturated carbocycles. The van der Waals surface area contributed by atoms with E-state index in [1.165, 1.54) is 0 Å². The number of aliphatic hydroxyl groups is 2. The van der Waals surface area contributed by atoms with Crippen molar-refractivity contribution in [1.29, 1.82) is 0 Å². The lowest BCUT2D eigenvalue weighted by atomic mass is 9.98. The minimum Gasteiger partial charge on any atom is -0.392 e. The molecular weight excluding hydrogens is 166 g/mol. The van der Waals surface area contributed by atoms with Gasteiger partial charge in [-0.25, -0.2) is 0 Å². The van der Waals surface area contributed by atoms with Crippen LogP contribution >= 0.6 is 0 Å². The Morgan fingerprint density at radius 3 is 2.69 bits per heavy atom. The average molecular weight is 187 g/mol. The third-order valence-corrected chi connectivity index (χ3v) is 2.68. The Balaban J connectivity index is 2.36. The summed E-state index contributed by atoms with van der Waals surface area (Å²) in [7, 11) is 0. The monoisotopic (exact) mass is 187 g/mol. The van der Waals surface area contributed by atoms with Crippen molar-refractivity contribution < 1.29 is 10.2 Å². The lowest BCUT2D eigenvalue weighted by molar-refractivity contribution is 0.0426. The summed E-state index contributed by atoms with van der Waals surface area (Å²) in [6.45, 7) is 6.34. The molecule has 1 heterocycles. The Morgan fingerprint density at radius 1 is 1.38 bits per heavy atom. The second-order valence-corrected chi connectivity index (χ2v) is 4.50. The zero-order chi connectivity index (χ0) is 9.90. The van der Waals surface area contributed by atoms with Gasteiger partial charge in [0.2, 0.25) is 0 Å². The maximum Gasteiger partial charge on any atom is 0.0639 e. The van der Waals surface area contributed by atoms with Crippen LogP contribution in [0.1, 0.15) is 33.1 Å². The van der Waals surface area contributed by atoms with Crippen LogP contribution < -0.4 is 0 Å². The molecule has 0 aliphatic carbocycles. The normalized spacial score (nSPS) is 34.2. The second kappa shape index (κ2) is 4.40. The van der Waals surface area contributed by atoms with Gasteiger partial charge < -0.3 is 15.1 Å². The number of hydrogen-bond donors (Lipinski definition) is 2. The molecule has 0 bridgehead atoms. The second-order valence-electron chi connectivity index (χ2n) is 4.50. The molecule has 2 atom stereocenters. The molecule has 1 rings (SSSR count). The van der Waals surface area contributed by atoms with Gasteiger partial charge in [-0.05, 0) is 39.7 Å². The number of β-amino-alcohol motifs (C(OH)–C–C–N with tert-alkyl or cyclic N) is 1. The van der Waals surface area contributed by atoms with E-state index in [0.29, 0.717) is 0 Å². The predicted octanol–water partition coefficient (Wildman–Crippen LogP) is 0.604. The van der Waals surface area contributed by atoms with Crippen molar-refractivity contribution in [2.75, 3.05) is 19.6 Å². The van der Waals surface area contributed by atoms with Crippen LogP contribution in [0.4, 0.5) is 0 Å². The van der Waals surface area contributed by atoms with E-state index in [-0.39, 0.29) is 6.10 Å². The molecular formula is C10H21NO2. The van der Waals surface area contributed by atoms with E-state index in [0.717, 1.165) is 38.9 Å². The molecule has 1 unspecified atom stereocenters. The quantitative estimate of drug-likeness (QED) is 0.665. The van der Waals surface area contributed by atoms with E-state index in [2.05, 4.69) is 4.90 Å². The minimum atomic E-state index is -0.493. The third-order valence-electron chi connectivity index (χ3n) is 2.68. The number of hydrogen-bond acceptors (Lipinski definition) is 3. The topological polar surface area (TPSA) is 43.7 Å². The first kappa shape index (κ1) is 11.0. The van der Waals surface area contributed by atoms with Gasteiger partial charge in [0.1, 0.15) is 0 Å². The fourth-order valence-corrected chi connectivity index (χ4v) is 1.88. The summed E-state index contributed by atoms with van der Waals surface area (Å²) < 4.78 is 0. The van der Waals surface area contributed by atoms with Crippen molar-refractivity contribution in [3.63, 3.8) is 0 Å². The highest BCUT2D eigenvalue weighted by Gasteiger charge is 2.24. The van der Waals surface area contributed by atoms with E-state index in [1.54, 1.807) is 0 Å². The molecule has 0 spiro atoms. The van der Waals surface area contributed by atoms with Crippen molar-refractivity contribution in [2.45, 2.75) is 44.8 Å². The van der Waals surface area contributed by atoms with Crippen LogP contribution in [-0.4, -0.2) is 46.5 Å². The zero-order valence-corrected chi connectivity index (χ0v) is 8.66. The number of nitrogens with zero attached hydrogens (tertiary/aromatic N) is 1. The molecule has 0 amide bonds. The Morgan fingerprint density at radius 2 is 2.08 bits per heavy atom. The smallest absolute Gasteiger partial charge is 0.0639 e. The Kier molecular flexibility index (Phi) is 3.71. The van der Waals surface area contributed by atoms with Gasteiger partial charge in [0.15, 0.2) is 0 Å². The molecule has 0 radical (unpaired) electrons. The van der Waals surface area contributed by atoms with Crippen LogP contribution in [0, 0.1) is 0 Å². The highest BCUT2D eigenvalue weighted by Crippen LogP contribution is 2.21. The first-order valence-electron chi connectivity index (χ1n) is 5.12. The van der Waals surface area contributed by atoms with Crippen LogP contribution in [0.15, 0.2) is 0 Å². The lowest BCUT2D eigenvalue weighted by Crippen LogP contribution is -2.33. The minimum absolute atomic E-state index is 0.261. The van der Waals surface area contributed by atoms with Gasteiger partial charge in [0.25, 0.3) is 0 Å². The van der Waals surface area contributed by atoms with Crippen LogP contribution in [0.3, 0.4) is 0 Å². The molecule has 13 heavy (non-hydrogen) atoms. The highest BCUT2D eigenvalue weighted by molar-refractivity contribution is 4.79. The Hall–Kier alpha value is -0.120. The van der Waals surface area contributed by atoms with E-state index in [4.69, 9.17) is 0 Å². The molecule has 1 fully saturated rings. The summed E-state index contributed by atoms with van der Waals surface area (Å²) in [5, 5.41) is 19.0. The van der Waals surface area contributed by atoms with E-state index >= 15 is 0 Å². The van der Waals surface area contributed by atoms with Gasteiger partial charge in [0, 0.05) is 13.1 Å². The average Bonchev–Trinajstić information content (AvgIpc) is 2.12. The zero-order valence-electron chi connectivity index (χ0n) is 8.66. The molecule has 3 nitrogen and oxygen atoms in total. The van der Waals surface area contributed by atoms with Crippen molar-refractivity contribution in [1.82, 2.24) is 4.90 Å². The summed E-state index contributed by atoms with van der Waals surface area (Å²) >= 11 is 0. The molecule has 1 saturated heterocycles. The molecule has 78 valence electrons. The van der Waals surface area contributed by atoms with Crippen molar-refractivity contribution in [2.24, 2.45) is 0 Å². The van der Waals surface area contributed by atoms with Crippen LogP contribution in [-0.2, 0) is 0 Å². The molecule has 1 aliphatic rings. The van der Waals surface area contributed by atoms with Gasteiger partial charge in [-0.1, -0.05) is 0 Å². The summed E-state index contributed by atoms with van der Waals surface area (Å²) in [5.74, 6) is 0. The standard InChI is InChI=1S/C10H21NO2/c1-9(12)8-11-6-3-4-10(2,13)5-7-11/h9,12-13H,3-8H2,1-2H3/t9-,10?/m1/s1. The maximum atomic E-state index is 9.82. The van der Waals surface area contributed by atoms with E-state index < -0.39 is 5.60 Å². The summed E-state index contributed by atoms with van der Waals surface area (Å²) in [6, 6.07) is 0. The van der Waals surface area contributed by atoms with Crippen LogP contribution in [0.25, 0.3) is 0 Å². The number of likely N-dealkylation sites (tertiary alicyclic amines) is 1.